The predicted molar refractivity (Wildman–Crippen MR) is 51.8 cm³/mol. The van der Waals surface area contributed by atoms with E-state index in [-0.39, 0.29) is 18.2 Å². The van der Waals surface area contributed by atoms with Gasteiger partial charge in [0, 0.05) is 0 Å². The number of hydrogen-bond donors (Lipinski definition) is 0. The maximum Gasteiger partial charge on any atom is 0.336 e. The first-order valence-corrected chi connectivity index (χ1v) is 5.06. The van der Waals surface area contributed by atoms with E-state index >= 15 is 0 Å². The first-order chi connectivity index (χ1) is 6.46. The summed E-state index contributed by atoms with van der Waals surface area (Å²) in [6.45, 7) is 5.62. The Kier molecular flexibility index (Phi) is 2.14. The molecule has 0 aromatic heterocycles. The van der Waals surface area contributed by atoms with Gasteiger partial charge in [-0.15, -0.1) is 0 Å². The molecule has 2 bridgehead atoms. The fourth-order valence-electron chi connectivity index (χ4n) is 1.86. The Balaban J connectivity index is 2.03. The molecule has 3 nitrogen and oxygen atoms in total. The Morgan fingerprint density at radius 3 is 2.64 bits per heavy atom. The van der Waals surface area contributed by atoms with Crippen molar-refractivity contribution >= 4 is 5.97 Å². The van der Waals surface area contributed by atoms with Gasteiger partial charge < -0.3 is 9.47 Å². The molecule has 2 aliphatic rings. The van der Waals surface area contributed by atoms with Crippen molar-refractivity contribution in [2.45, 2.75) is 51.4 Å². The van der Waals surface area contributed by atoms with Crippen LogP contribution in [0.4, 0.5) is 0 Å². The van der Waals surface area contributed by atoms with Crippen molar-refractivity contribution in [3.8, 4) is 0 Å². The maximum absolute atomic E-state index is 11.7. The fraction of sp³-hybridized carbons (Fsp3) is 0.727. The van der Waals surface area contributed by atoms with Crippen LogP contribution in [0, 0.1) is 0 Å². The van der Waals surface area contributed by atoms with Crippen molar-refractivity contribution in [1.82, 2.24) is 0 Å². The van der Waals surface area contributed by atoms with Gasteiger partial charge in [0.1, 0.15) is 5.60 Å². The molecule has 2 aliphatic heterocycles. The van der Waals surface area contributed by atoms with Crippen molar-refractivity contribution in [2.24, 2.45) is 0 Å². The molecule has 3 heteroatoms. The predicted octanol–water partition coefficient (Wildman–Crippen LogP) is 1.82. The molecule has 0 aromatic carbocycles. The summed E-state index contributed by atoms with van der Waals surface area (Å²) >= 11 is 0. The molecule has 0 spiro atoms. The van der Waals surface area contributed by atoms with E-state index < -0.39 is 5.60 Å². The summed E-state index contributed by atoms with van der Waals surface area (Å²) in [6.07, 6.45) is 4.05. The number of esters is 1. The minimum absolute atomic E-state index is 0.00477. The fourth-order valence-corrected chi connectivity index (χ4v) is 1.86. The minimum atomic E-state index is -0.417. The lowest BCUT2D eigenvalue weighted by molar-refractivity contribution is -0.150. The van der Waals surface area contributed by atoms with Crippen molar-refractivity contribution in [2.75, 3.05) is 0 Å². The number of rotatable bonds is 1. The lowest BCUT2D eigenvalue weighted by Crippen LogP contribution is -2.27. The van der Waals surface area contributed by atoms with Gasteiger partial charge in [-0.3, -0.25) is 0 Å². The summed E-state index contributed by atoms with van der Waals surface area (Å²) < 4.78 is 10.8. The van der Waals surface area contributed by atoms with Gasteiger partial charge in [-0.05, 0) is 39.7 Å². The quantitative estimate of drug-likeness (QED) is 0.600. The van der Waals surface area contributed by atoms with Crippen LogP contribution in [0.5, 0.6) is 0 Å². The molecule has 0 aliphatic carbocycles. The van der Waals surface area contributed by atoms with Crippen LogP contribution in [-0.4, -0.2) is 23.8 Å². The summed E-state index contributed by atoms with van der Waals surface area (Å²) in [5.74, 6) is -0.218. The molecule has 0 amide bonds. The van der Waals surface area contributed by atoms with E-state index in [1.165, 1.54) is 0 Å². The molecule has 0 unspecified atom stereocenters. The summed E-state index contributed by atoms with van der Waals surface area (Å²) in [7, 11) is 0. The normalized spacial score (nSPS) is 30.4. The van der Waals surface area contributed by atoms with E-state index in [1.54, 1.807) is 0 Å². The Bertz CT molecular complexity index is 285. The minimum Gasteiger partial charge on any atom is -0.457 e. The molecule has 0 saturated carbocycles. The van der Waals surface area contributed by atoms with Gasteiger partial charge in [0.25, 0.3) is 0 Å². The lowest BCUT2D eigenvalue weighted by Gasteiger charge is -2.21. The van der Waals surface area contributed by atoms with Gasteiger partial charge in [0.2, 0.25) is 0 Å². The van der Waals surface area contributed by atoms with Crippen LogP contribution in [-0.2, 0) is 14.3 Å². The highest BCUT2D eigenvalue weighted by atomic mass is 16.6. The Hall–Kier alpha value is -0.830. The zero-order valence-electron chi connectivity index (χ0n) is 8.87. The second-order valence-electron chi connectivity index (χ2n) is 4.86. The molecule has 14 heavy (non-hydrogen) atoms. The molecular formula is C11H16O3. The molecular weight excluding hydrogens is 180 g/mol. The molecule has 2 rings (SSSR count). The Morgan fingerprint density at radius 1 is 1.50 bits per heavy atom. The monoisotopic (exact) mass is 196 g/mol. The molecule has 1 saturated heterocycles. The number of fused-ring (bicyclic) bond motifs is 2. The van der Waals surface area contributed by atoms with Gasteiger partial charge in [0.05, 0.1) is 17.8 Å². The van der Waals surface area contributed by atoms with Crippen LogP contribution in [0.3, 0.4) is 0 Å². The van der Waals surface area contributed by atoms with Gasteiger partial charge in [-0.25, -0.2) is 4.79 Å². The standard InChI is InChI=1S/C11H16O3/c1-11(2,3)14-10(12)8-6-7-4-5-9(8)13-7/h6-7,9H,4-5H2,1-3H3/t7-,9-/m1/s1. The highest BCUT2D eigenvalue weighted by Gasteiger charge is 2.38. The second kappa shape index (κ2) is 3.09. The zero-order chi connectivity index (χ0) is 10.3. The second-order valence-corrected chi connectivity index (χ2v) is 4.86. The topological polar surface area (TPSA) is 35.5 Å². The third-order valence-electron chi connectivity index (χ3n) is 2.40. The maximum atomic E-state index is 11.7. The third-order valence-corrected chi connectivity index (χ3v) is 2.40. The largest absolute Gasteiger partial charge is 0.457 e. The van der Waals surface area contributed by atoms with Crippen LogP contribution in [0.2, 0.25) is 0 Å². The van der Waals surface area contributed by atoms with E-state index in [9.17, 15) is 4.79 Å². The first-order valence-electron chi connectivity index (χ1n) is 5.06. The van der Waals surface area contributed by atoms with E-state index in [0.29, 0.717) is 0 Å². The molecule has 0 aromatic rings. The number of hydrogen-bond acceptors (Lipinski definition) is 3. The van der Waals surface area contributed by atoms with Crippen LogP contribution in [0.1, 0.15) is 33.6 Å². The van der Waals surface area contributed by atoms with Gasteiger partial charge >= 0.3 is 5.97 Å². The molecule has 78 valence electrons. The zero-order valence-corrected chi connectivity index (χ0v) is 8.87. The average Bonchev–Trinajstić information content (AvgIpc) is 2.59. The molecule has 1 fully saturated rings. The summed E-state index contributed by atoms with van der Waals surface area (Å²) in [5, 5.41) is 0. The Morgan fingerprint density at radius 2 is 2.21 bits per heavy atom. The highest BCUT2D eigenvalue weighted by molar-refractivity contribution is 5.90. The summed E-state index contributed by atoms with van der Waals surface area (Å²) in [6, 6.07) is 0. The third kappa shape index (κ3) is 1.82. The molecule has 2 atom stereocenters. The average molecular weight is 196 g/mol. The van der Waals surface area contributed by atoms with Gasteiger partial charge in [0.15, 0.2) is 0 Å². The molecule has 0 N–H and O–H groups in total. The lowest BCUT2D eigenvalue weighted by atomic mass is 9.99. The number of ether oxygens (including phenoxy) is 2. The van der Waals surface area contributed by atoms with Crippen LogP contribution < -0.4 is 0 Å². The van der Waals surface area contributed by atoms with Crippen molar-refractivity contribution < 1.29 is 14.3 Å². The van der Waals surface area contributed by atoms with Gasteiger partial charge in [-0.1, -0.05) is 0 Å². The van der Waals surface area contributed by atoms with E-state index in [1.807, 2.05) is 26.8 Å². The van der Waals surface area contributed by atoms with Gasteiger partial charge in [-0.2, -0.15) is 0 Å². The summed E-state index contributed by atoms with van der Waals surface area (Å²) in [5.41, 5.74) is 0.302. The van der Waals surface area contributed by atoms with Crippen LogP contribution in [0.15, 0.2) is 11.6 Å². The van der Waals surface area contributed by atoms with Crippen molar-refractivity contribution in [1.29, 1.82) is 0 Å². The first kappa shape index (κ1) is 9.71. The van der Waals surface area contributed by atoms with E-state index in [4.69, 9.17) is 9.47 Å². The molecule has 2 heterocycles. The number of carbonyl (C=O) groups is 1. The molecule has 0 radical (unpaired) electrons. The van der Waals surface area contributed by atoms with E-state index in [0.717, 1.165) is 18.4 Å². The van der Waals surface area contributed by atoms with Crippen molar-refractivity contribution in [3.63, 3.8) is 0 Å². The van der Waals surface area contributed by atoms with E-state index in [2.05, 4.69) is 0 Å². The SMILES string of the molecule is CC(C)(C)OC(=O)C1=C[C@H]2CC[C@H]1O2. The van der Waals surface area contributed by atoms with Crippen LogP contribution in [0.25, 0.3) is 0 Å². The number of carbonyl (C=O) groups excluding carboxylic acids is 1. The van der Waals surface area contributed by atoms with Crippen LogP contribution >= 0.6 is 0 Å². The smallest absolute Gasteiger partial charge is 0.336 e. The highest BCUT2D eigenvalue weighted by Crippen LogP contribution is 2.34. The Labute approximate surface area is 84.1 Å². The van der Waals surface area contributed by atoms with Crippen molar-refractivity contribution in [3.05, 3.63) is 11.6 Å². The summed E-state index contributed by atoms with van der Waals surface area (Å²) in [4.78, 5) is 11.7.